The van der Waals surface area contributed by atoms with Crippen molar-refractivity contribution in [3.8, 4) is 0 Å². The fourth-order valence-electron chi connectivity index (χ4n) is 1.39. The molecule has 0 aliphatic heterocycles. The van der Waals surface area contributed by atoms with Crippen molar-refractivity contribution in [3.63, 3.8) is 0 Å². The van der Waals surface area contributed by atoms with Gasteiger partial charge in [0, 0.05) is 12.2 Å². The Morgan fingerprint density at radius 1 is 1.31 bits per heavy atom. The van der Waals surface area contributed by atoms with Gasteiger partial charge in [0.25, 0.3) is 0 Å². The number of nitrogens with zero attached hydrogens (tertiary/aromatic N) is 1. The molecule has 0 saturated heterocycles. The molecule has 1 aromatic heterocycles. The van der Waals surface area contributed by atoms with Crippen LogP contribution in [0.1, 0.15) is 36.7 Å². The van der Waals surface area contributed by atoms with Crippen molar-refractivity contribution >= 4 is 0 Å². The summed E-state index contributed by atoms with van der Waals surface area (Å²) in [6.07, 6.45) is 1.88. The van der Waals surface area contributed by atoms with Gasteiger partial charge in [0.1, 0.15) is 0 Å². The molecule has 0 aliphatic rings. The minimum atomic E-state index is 0.0561. The highest BCUT2D eigenvalue weighted by molar-refractivity contribution is 5.25. The van der Waals surface area contributed by atoms with Crippen molar-refractivity contribution < 1.29 is 0 Å². The van der Waals surface area contributed by atoms with Crippen LogP contribution in [0, 0.1) is 19.8 Å². The quantitative estimate of drug-likeness (QED) is 0.755. The first kappa shape index (κ1) is 10.2. The number of pyridine rings is 1. The molecular weight excluding hydrogens is 160 g/mol. The first-order valence-corrected chi connectivity index (χ1v) is 4.71. The molecular formula is C11H18N2. The first-order valence-electron chi connectivity index (χ1n) is 4.71. The Morgan fingerprint density at radius 2 is 1.92 bits per heavy atom. The lowest BCUT2D eigenvalue weighted by Crippen LogP contribution is -2.19. The molecule has 1 aromatic rings. The van der Waals surface area contributed by atoms with Crippen molar-refractivity contribution in [2.75, 3.05) is 0 Å². The van der Waals surface area contributed by atoms with Crippen LogP contribution in [-0.2, 0) is 0 Å². The first-order chi connectivity index (χ1) is 6.02. The zero-order chi connectivity index (χ0) is 10.0. The van der Waals surface area contributed by atoms with Crippen LogP contribution in [-0.4, -0.2) is 4.98 Å². The smallest absolute Gasteiger partial charge is 0.0602 e. The summed E-state index contributed by atoms with van der Waals surface area (Å²) in [5.74, 6) is 0.439. The maximum absolute atomic E-state index is 6.03. The van der Waals surface area contributed by atoms with Gasteiger partial charge in [-0.1, -0.05) is 19.9 Å². The second-order valence-corrected chi connectivity index (χ2v) is 3.98. The molecule has 2 N–H and O–H groups in total. The third-order valence-electron chi connectivity index (χ3n) is 2.29. The van der Waals surface area contributed by atoms with Gasteiger partial charge >= 0.3 is 0 Å². The Morgan fingerprint density at radius 3 is 2.38 bits per heavy atom. The molecule has 0 saturated carbocycles. The minimum Gasteiger partial charge on any atom is -0.322 e. The van der Waals surface area contributed by atoms with Gasteiger partial charge in [-0.05, 0) is 30.9 Å². The monoisotopic (exact) mass is 178 g/mol. The maximum Gasteiger partial charge on any atom is 0.0602 e. The van der Waals surface area contributed by atoms with Crippen molar-refractivity contribution in [1.82, 2.24) is 4.98 Å². The van der Waals surface area contributed by atoms with Gasteiger partial charge in [-0.15, -0.1) is 0 Å². The van der Waals surface area contributed by atoms with E-state index in [2.05, 4.69) is 31.8 Å². The molecule has 0 aromatic carbocycles. The van der Waals surface area contributed by atoms with E-state index >= 15 is 0 Å². The third-order valence-corrected chi connectivity index (χ3v) is 2.29. The highest BCUT2D eigenvalue weighted by Crippen LogP contribution is 2.20. The lowest BCUT2D eigenvalue weighted by Gasteiger charge is -2.17. The van der Waals surface area contributed by atoms with Gasteiger partial charge in [-0.3, -0.25) is 4.98 Å². The van der Waals surface area contributed by atoms with Crippen LogP contribution in [0.15, 0.2) is 12.3 Å². The Balaban J connectivity index is 3.01. The molecule has 1 unspecified atom stereocenters. The number of hydrogen-bond acceptors (Lipinski definition) is 2. The normalized spacial score (nSPS) is 13.4. The summed E-state index contributed by atoms with van der Waals surface area (Å²) in [7, 11) is 0. The fourth-order valence-corrected chi connectivity index (χ4v) is 1.39. The van der Waals surface area contributed by atoms with Crippen LogP contribution in [0.3, 0.4) is 0 Å². The summed E-state index contributed by atoms with van der Waals surface area (Å²) in [6.45, 7) is 8.35. The predicted octanol–water partition coefficient (Wildman–Crippen LogP) is 2.35. The summed E-state index contributed by atoms with van der Waals surface area (Å²) in [6, 6.07) is 2.19. The van der Waals surface area contributed by atoms with Crippen LogP contribution in [0.5, 0.6) is 0 Å². The average Bonchev–Trinajstić information content (AvgIpc) is 2.03. The summed E-state index contributed by atoms with van der Waals surface area (Å²) in [4.78, 5) is 4.37. The Hall–Kier alpha value is -0.890. The number of aromatic nitrogens is 1. The van der Waals surface area contributed by atoms with Gasteiger partial charge in [0.15, 0.2) is 0 Å². The highest BCUT2D eigenvalue weighted by atomic mass is 14.8. The summed E-state index contributed by atoms with van der Waals surface area (Å²) < 4.78 is 0. The van der Waals surface area contributed by atoms with E-state index < -0.39 is 0 Å². The molecule has 0 fully saturated rings. The number of hydrogen-bond donors (Lipinski definition) is 1. The molecule has 0 radical (unpaired) electrons. The van der Waals surface area contributed by atoms with Crippen LogP contribution < -0.4 is 5.73 Å². The van der Waals surface area contributed by atoms with Crippen molar-refractivity contribution in [1.29, 1.82) is 0 Å². The third kappa shape index (κ3) is 2.28. The lowest BCUT2D eigenvalue weighted by molar-refractivity contribution is 0.500. The van der Waals surface area contributed by atoms with Crippen LogP contribution >= 0.6 is 0 Å². The Labute approximate surface area is 80.2 Å². The van der Waals surface area contributed by atoms with E-state index in [4.69, 9.17) is 5.73 Å². The predicted molar refractivity (Wildman–Crippen MR) is 55.5 cm³/mol. The molecule has 0 aliphatic carbocycles. The molecule has 1 heterocycles. The number of nitrogens with two attached hydrogens (primary N) is 1. The molecule has 72 valence electrons. The highest BCUT2D eigenvalue weighted by Gasteiger charge is 2.13. The van der Waals surface area contributed by atoms with E-state index in [1.165, 1.54) is 11.1 Å². The molecule has 2 nitrogen and oxygen atoms in total. The number of aryl methyl sites for hydroxylation is 2. The molecule has 2 heteroatoms. The van der Waals surface area contributed by atoms with E-state index in [1.54, 1.807) is 0 Å². The van der Waals surface area contributed by atoms with Crippen LogP contribution in [0.25, 0.3) is 0 Å². The fraction of sp³-hybridized carbons (Fsp3) is 0.545. The Bertz CT molecular complexity index is 292. The lowest BCUT2D eigenvalue weighted by atomic mass is 9.98. The summed E-state index contributed by atoms with van der Waals surface area (Å²) >= 11 is 0. The summed E-state index contributed by atoms with van der Waals surface area (Å²) in [5.41, 5.74) is 9.44. The van der Waals surface area contributed by atoms with Crippen molar-refractivity contribution in [3.05, 3.63) is 29.1 Å². The van der Waals surface area contributed by atoms with Gasteiger partial charge in [0.2, 0.25) is 0 Å². The zero-order valence-corrected chi connectivity index (χ0v) is 8.83. The molecule has 13 heavy (non-hydrogen) atoms. The van der Waals surface area contributed by atoms with Crippen LogP contribution in [0.4, 0.5) is 0 Å². The van der Waals surface area contributed by atoms with Gasteiger partial charge < -0.3 is 5.73 Å². The van der Waals surface area contributed by atoms with E-state index in [0.717, 1.165) is 5.69 Å². The molecule has 0 amide bonds. The Kier molecular flexibility index (Phi) is 3.04. The van der Waals surface area contributed by atoms with Crippen molar-refractivity contribution in [2.24, 2.45) is 11.7 Å². The second-order valence-electron chi connectivity index (χ2n) is 3.98. The van der Waals surface area contributed by atoms with Crippen LogP contribution in [0.2, 0.25) is 0 Å². The summed E-state index contributed by atoms with van der Waals surface area (Å²) in [5, 5.41) is 0. The topological polar surface area (TPSA) is 38.9 Å². The van der Waals surface area contributed by atoms with Gasteiger partial charge in [-0.25, -0.2) is 0 Å². The zero-order valence-electron chi connectivity index (χ0n) is 8.83. The average molecular weight is 178 g/mol. The number of rotatable bonds is 2. The van der Waals surface area contributed by atoms with E-state index in [-0.39, 0.29) is 6.04 Å². The maximum atomic E-state index is 6.03. The van der Waals surface area contributed by atoms with Crippen molar-refractivity contribution in [2.45, 2.75) is 33.7 Å². The standard InChI is InChI=1S/C11H18N2/c1-7(2)10(12)11-9(4)5-8(3)6-13-11/h5-7,10H,12H2,1-4H3. The van der Waals surface area contributed by atoms with Gasteiger partial charge in [-0.2, -0.15) is 0 Å². The molecule has 1 rings (SSSR count). The second kappa shape index (κ2) is 3.88. The minimum absolute atomic E-state index is 0.0561. The molecule has 0 bridgehead atoms. The van der Waals surface area contributed by atoms with E-state index in [9.17, 15) is 0 Å². The van der Waals surface area contributed by atoms with E-state index in [1.807, 2.05) is 13.1 Å². The largest absolute Gasteiger partial charge is 0.322 e. The molecule has 1 atom stereocenters. The van der Waals surface area contributed by atoms with E-state index in [0.29, 0.717) is 5.92 Å². The molecule has 0 spiro atoms. The van der Waals surface area contributed by atoms with Gasteiger partial charge in [0.05, 0.1) is 5.69 Å². The SMILES string of the molecule is Cc1cnc(C(N)C(C)C)c(C)c1.